The van der Waals surface area contributed by atoms with Crippen LogP contribution in [0, 0.1) is 13.8 Å². The highest BCUT2D eigenvalue weighted by Crippen LogP contribution is 2.18. The number of nitrogens with one attached hydrogen (secondary N) is 2. The number of aromatic nitrogens is 5. The van der Waals surface area contributed by atoms with Crippen molar-refractivity contribution in [1.29, 1.82) is 0 Å². The summed E-state index contributed by atoms with van der Waals surface area (Å²) in [6.07, 6.45) is 0. The van der Waals surface area contributed by atoms with Gasteiger partial charge in [0, 0.05) is 12.2 Å². The third-order valence-corrected chi connectivity index (χ3v) is 5.04. The first-order valence-corrected chi connectivity index (χ1v) is 10.0. The number of rotatable bonds is 5. The van der Waals surface area contributed by atoms with Crippen molar-refractivity contribution < 1.29 is 4.79 Å². The van der Waals surface area contributed by atoms with Gasteiger partial charge in [-0.3, -0.25) is 25.0 Å². The summed E-state index contributed by atoms with van der Waals surface area (Å²) in [4.78, 5) is 34.3. The van der Waals surface area contributed by atoms with Gasteiger partial charge in [-0.2, -0.15) is 5.10 Å². The Morgan fingerprint density at radius 2 is 1.90 bits per heavy atom. The molecular weight excluding hydrogens is 418 g/mol. The van der Waals surface area contributed by atoms with Gasteiger partial charge in [0.05, 0.1) is 21.6 Å². The SMILES string of the molecule is CCn1c(NNC(=O)c2nc(-n3nc(C)cc3C)ccc2Cl)nc2ccccc2c1=O. The molecule has 0 atom stereocenters. The van der Waals surface area contributed by atoms with Crippen LogP contribution in [-0.4, -0.2) is 30.2 Å². The highest BCUT2D eigenvalue weighted by atomic mass is 35.5. The minimum absolute atomic E-state index is 0.0189. The van der Waals surface area contributed by atoms with E-state index in [0.29, 0.717) is 23.3 Å². The number of pyridine rings is 1. The summed E-state index contributed by atoms with van der Waals surface area (Å²) < 4.78 is 3.07. The lowest BCUT2D eigenvalue weighted by Gasteiger charge is -2.14. The summed E-state index contributed by atoms with van der Waals surface area (Å²) in [7, 11) is 0. The monoisotopic (exact) mass is 437 g/mol. The summed E-state index contributed by atoms with van der Waals surface area (Å²) in [6.45, 7) is 5.97. The molecule has 3 aromatic heterocycles. The summed E-state index contributed by atoms with van der Waals surface area (Å²) in [5, 5.41) is 5.07. The van der Waals surface area contributed by atoms with Gasteiger partial charge in [-0.25, -0.2) is 14.6 Å². The number of hydrogen-bond acceptors (Lipinski definition) is 6. The highest BCUT2D eigenvalue weighted by Gasteiger charge is 2.17. The van der Waals surface area contributed by atoms with Crippen molar-refractivity contribution in [1.82, 2.24) is 29.7 Å². The molecule has 3 heterocycles. The van der Waals surface area contributed by atoms with E-state index in [2.05, 4.69) is 25.9 Å². The van der Waals surface area contributed by atoms with Crippen LogP contribution in [0.1, 0.15) is 28.8 Å². The second-order valence-electron chi connectivity index (χ2n) is 6.92. The predicted molar refractivity (Wildman–Crippen MR) is 119 cm³/mol. The second kappa shape index (κ2) is 8.19. The minimum atomic E-state index is -0.571. The fourth-order valence-corrected chi connectivity index (χ4v) is 3.49. The molecule has 0 saturated heterocycles. The van der Waals surface area contributed by atoms with Crippen LogP contribution >= 0.6 is 11.6 Å². The van der Waals surface area contributed by atoms with Crippen molar-refractivity contribution in [3.05, 3.63) is 74.9 Å². The Morgan fingerprint density at radius 3 is 2.61 bits per heavy atom. The Labute approximate surface area is 182 Å². The molecule has 0 saturated carbocycles. The molecule has 0 unspecified atom stereocenters. The molecule has 0 bridgehead atoms. The summed E-state index contributed by atoms with van der Waals surface area (Å²) in [5.41, 5.74) is 7.32. The Bertz CT molecular complexity index is 1360. The van der Waals surface area contributed by atoms with Gasteiger partial charge in [-0.05, 0) is 51.1 Å². The van der Waals surface area contributed by atoms with Crippen molar-refractivity contribution >= 4 is 34.4 Å². The fraction of sp³-hybridized carbons (Fsp3) is 0.190. The second-order valence-corrected chi connectivity index (χ2v) is 7.33. The number of amides is 1. The number of aryl methyl sites for hydroxylation is 2. The standard InChI is InChI=1S/C21H20ClN7O2/c1-4-28-20(31)14-7-5-6-8-16(14)23-21(28)26-25-19(30)18-15(22)9-10-17(24-18)29-13(3)11-12(2)27-29/h5-11H,4H2,1-3H3,(H,23,26)(H,25,30). The van der Waals surface area contributed by atoms with Crippen LogP contribution in [0.15, 0.2) is 47.3 Å². The largest absolute Gasteiger partial charge is 0.289 e. The van der Waals surface area contributed by atoms with Crippen LogP contribution in [-0.2, 0) is 6.54 Å². The molecule has 158 valence electrons. The smallest absolute Gasteiger partial charge is 0.277 e. The van der Waals surface area contributed by atoms with Crippen LogP contribution in [0.5, 0.6) is 0 Å². The number of nitrogens with zero attached hydrogens (tertiary/aromatic N) is 5. The van der Waals surface area contributed by atoms with Crippen LogP contribution < -0.4 is 16.4 Å². The van der Waals surface area contributed by atoms with E-state index in [1.54, 1.807) is 41.1 Å². The van der Waals surface area contributed by atoms with Gasteiger partial charge in [0.2, 0.25) is 5.95 Å². The van der Waals surface area contributed by atoms with Crippen LogP contribution in [0.4, 0.5) is 5.95 Å². The number of halogens is 1. The fourth-order valence-electron chi connectivity index (χ4n) is 3.30. The van der Waals surface area contributed by atoms with Gasteiger partial charge >= 0.3 is 0 Å². The van der Waals surface area contributed by atoms with Crippen LogP contribution in [0.3, 0.4) is 0 Å². The lowest BCUT2D eigenvalue weighted by Crippen LogP contribution is -2.35. The van der Waals surface area contributed by atoms with E-state index in [1.807, 2.05) is 26.8 Å². The van der Waals surface area contributed by atoms with Gasteiger partial charge in [0.1, 0.15) is 0 Å². The van der Waals surface area contributed by atoms with E-state index in [0.717, 1.165) is 11.4 Å². The highest BCUT2D eigenvalue weighted by molar-refractivity contribution is 6.33. The molecule has 1 aromatic carbocycles. The normalized spacial score (nSPS) is 11.0. The van der Waals surface area contributed by atoms with E-state index < -0.39 is 5.91 Å². The molecule has 0 spiro atoms. The van der Waals surface area contributed by atoms with E-state index >= 15 is 0 Å². The molecule has 0 fully saturated rings. The molecule has 0 aliphatic rings. The topological polar surface area (TPSA) is 107 Å². The van der Waals surface area contributed by atoms with Gasteiger partial charge in [0.15, 0.2) is 11.5 Å². The van der Waals surface area contributed by atoms with Gasteiger partial charge in [0.25, 0.3) is 11.5 Å². The maximum atomic E-state index is 12.8. The summed E-state index contributed by atoms with van der Waals surface area (Å²) in [5.74, 6) is 0.110. The lowest BCUT2D eigenvalue weighted by atomic mass is 10.2. The first-order chi connectivity index (χ1) is 14.9. The predicted octanol–water partition coefficient (Wildman–Crippen LogP) is 3.02. The van der Waals surface area contributed by atoms with Crippen molar-refractivity contribution in [3.63, 3.8) is 0 Å². The van der Waals surface area contributed by atoms with Gasteiger partial charge in [-0.15, -0.1) is 0 Å². The number of hydrazine groups is 1. The quantitative estimate of drug-likeness (QED) is 0.465. The summed E-state index contributed by atoms with van der Waals surface area (Å²) in [6, 6.07) is 12.2. The van der Waals surface area contributed by atoms with E-state index in [9.17, 15) is 9.59 Å². The van der Waals surface area contributed by atoms with Crippen molar-refractivity contribution in [2.75, 3.05) is 5.43 Å². The Hall–Kier alpha value is -3.72. The van der Waals surface area contributed by atoms with Crippen molar-refractivity contribution in [2.45, 2.75) is 27.3 Å². The zero-order valence-corrected chi connectivity index (χ0v) is 17.9. The Kier molecular flexibility index (Phi) is 5.43. The van der Waals surface area contributed by atoms with E-state index in [-0.39, 0.29) is 22.2 Å². The average Bonchev–Trinajstić information content (AvgIpc) is 3.10. The number of fused-ring (bicyclic) bond motifs is 1. The van der Waals surface area contributed by atoms with Crippen LogP contribution in [0.25, 0.3) is 16.7 Å². The number of para-hydroxylation sites is 1. The third-order valence-electron chi connectivity index (χ3n) is 4.74. The zero-order valence-electron chi connectivity index (χ0n) is 17.2. The maximum Gasteiger partial charge on any atom is 0.289 e. The minimum Gasteiger partial charge on any atom is -0.277 e. The maximum absolute atomic E-state index is 12.8. The first-order valence-electron chi connectivity index (χ1n) is 9.65. The van der Waals surface area contributed by atoms with Crippen LogP contribution in [0.2, 0.25) is 5.02 Å². The molecule has 31 heavy (non-hydrogen) atoms. The third kappa shape index (κ3) is 3.87. The molecule has 0 aliphatic carbocycles. The molecule has 2 N–H and O–H groups in total. The van der Waals surface area contributed by atoms with Crippen molar-refractivity contribution in [2.24, 2.45) is 0 Å². The lowest BCUT2D eigenvalue weighted by molar-refractivity contribution is 0.0957. The summed E-state index contributed by atoms with van der Waals surface area (Å²) >= 11 is 6.22. The molecule has 0 aliphatic heterocycles. The molecule has 0 radical (unpaired) electrons. The molecular formula is C21H20ClN7O2. The average molecular weight is 438 g/mol. The first kappa shape index (κ1) is 20.5. The van der Waals surface area contributed by atoms with E-state index in [1.165, 1.54) is 4.57 Å². The Balaban J connectivity index is 1.63. The van der Waals surface area contributed by atoms with Crippen molar-refractivity contribution in [3.8, 4) is 5.82 Å². The Morgan fingerprint density at radius 1 is 1.13 bits per heavy atom. The van der Waals surface area contributed by atoms with E-state index in [4.69, 9.17) is 11.6 Å². The molecule has 4 rings (SSSR count). The number of carbonyl (C=O) groups excluding carboxylic acids is 1. The molecule has 4 aromatic rings. The molecule has 10 heteroatoms. The number of benzene rings is 1. The number of carbonyl (C=O) groups is 1. The zero-order chi connectivity index (χ0) is 22.1. The molecule has 9 nitrogen and oxygen atoms in total. The van der Waals surface area contributed by atoms with Gasteiger partial charge < -0.3 is 0 Å². The molecule has 1 amide bonds. The number of hydrogen-bond donors (Lipinski definition) is 2. The van der Waals surface area contributed by atoms with Gasteiger partial charge in [-0.1, -0.05) is 23.7 Å². The number of anilines is 1.